The van der Waals surface area contributed by atoms with Crippen molar-refractivity contribution >= 4 is 11.7 Å². The number of aromatic nitrogens is 1. The van der Waals surface area contributed by atoms with Gasteiger partial charge in [0.1, 0.15) is 5.82 Å². The van der Waals surface area contributed by atoms with Gasteiger partial charge in [0.05, 0.1) is 24.2 Å². The van der Waals surface area contributed by atoms with Crippen LogP contribution in [0, 0.1) is 17.2 Å². The lowest BCUT2D eigenvalue weighted by molar-refractivity contribution is 0.0950. The molecule has 6 heteroatoms. The lowest BCUT2D eigenvalue weighted by Gasteiger charge is -2.07. The number of methoxy groups -OCH3 is 1. The Morgan fingerprint density at radius 1 is 1.58 bits per heavy atom. The highest BCUT2D eigenvalue weighted by Crippen LogP contribution is 2.04. The van der Waals surface area contributed by atoms with E-state index in [0.29, 0.717) is 31.1 Å². The van der Waals surface area contributed by atoms with E-state index in [-0.39, 0.29) is 11.8 Å². The predicted octanol–water partition coefficient (Wildman–Crippen LogP) is 1.03. The second-order valence-electron chi connectivity index (χ2n) is 4.09. The van der Waals surface area contributed by atoms with E-state index in [1.165, 1.54) is 6.20 Å². The highest BCUT2D eigenvalue weighted by atomic mass is 16.5. The molecule has 1 rings (SSSR count). The molecule has 0 saturated heterocycles. The first-order chi connectivity index (χ1) is 9.17. The van der Waals surface area contributed by atoms with E-state index in [9.17, 15) is 4.79 Å². The average molecular weight is 262 g/mol. The number of ether oxygens (including phenoxy) is 1. The third-order valence-electron chi connectivity index (χ3n) is 2.43. The fourth-order valence-corrected chi connectivity index (χ4v) is 1.31. The van der Waals surface area contributed by atoms with Crippen molar-refractivity contribution in [3.8, 4) is 6.07 Å². The number of nitriles is 1. The number of pyridine rings is 1. The van der Waals surface area contributed by atoms with Gasteiger partial charge in [0, 0.05) is 26.4 Å². The van der Waals surface area contributed by atoms with Crippen LogP contribution in [0.15, 0.2) is 18.3 Å². The van der Waals surface area contributed by atoms with Gasteiger partial charge in [0.2, 0.25) is 0 Å². The minimum atomic E-state index is -0.224. The van der Waals surface area contributed by atoms with Gasteiger partial charge in [-0.2, -0.15) is 5.26 Å². The van der Waals surface area contributed by atoms with Crippen molar-refractivity contribution in [2.24, 2.45) is 5.92 Å². The summed E-state index contributed by atoms with van der Waals surface area (Å²) in [5, 5.41) is 14.4. The number of carbonyl (C=O) groups excluding carboxylic acids is 1. The third kappa shape index (κ3) is 5.36. The van der Waals surface area contributed by atoms with Crippen LogP contribution >= 0.6 is 0 Å². The van der Waals surface area contributed by atoms with E-state index < -0.39 is 0 Å². The Hall–Kier alpha value is -2.13. The van der Waals surface area contributed by atoms with E-state index in [2.05, 4.69) is 21.7 Å². The summed E-state index contributed by atoms with van der Waals surface area (Å²) in [5.74, 6) is 0.268. The van der Waals surface area contributed by atoms with Crippen molar-refractivity contribution in [2.75, 3.05) is 32.1 Å². The van der Waals surface area contributed by atoms with Crippen LogP contribution in [0.5, 0.6) is 0 Å². The topological polar surface area (TPSA) is 87.0 Å². The largest absolute Gasteiger partial charge is 0.383 e. The van der Waals surface area contributed by atoms with Gasteiger partial charge in [0.25, 0.3) is 5.91 Å². The third-order valence-corrected chi connectivity index (χ3v) is 2.43. The van der Waals surface area contributed by atoms with Gasteiger partial charge in [-0.1, -0.05) is 0 Å². The standard InChI is InChI=1S/C13H18N4O2/c1-10(7-14)8-17-13(18)11-3-4-12(16-9-11)15-5-6-19-2/h3-4,9-10H,5-6,8H2,1-2H3,(H,15,16)(H,17,18). The van der Waals surface area contributed by atoms with Gasteiger partial charge in [-0.3, -0.25) is 4.79 Å². The van der Waals surface area contributed by atoms with Crippen molar-refractivity contribution in [1.29, 1.82) is 5.26 Å². The molecule has 6 nitrogen and oxygen atoms in total. The van der Waals surface area contributed by atoms with Crippen LogP contribution in [0.25, 0.3) is 0 Å². The fourth-order valence-electron chi connectivity index (χ4n) is 1.31. The number of amides is 1. The van der Waals surface area contributed by atoms with Crippen LogP contribution in [0.3, 0.4) is 0 Å². The van der Waals surface area contributed by atoms with Crippen molar-refractivity contribution in [3.63, 3.8) is 0 Å². The van der Waals surface area contributed by atoms with Crippen LogP contribution in [-0.4, -0.2) is 37.7 Å². The Bertz CT molecular complexity index is 439. The van der Waals surface area contributed by atoms with Crippen LogP contribution < -0.4 is 10.6 Å². The quantitative estimate of drug-likeness (QED) is 0.717. The zero-order valence-electron chi connectivity index (χ0n) is 11.1. The fraction of sp³-hybridized carbons (Fsp3) is 0.462. The number of hydrogen-bond donors (Lipinski definition) is 2. The van der Waals surface area contributed by atoms with E-state index in [0.717, 1.165) is 0 Å². The molecule has 1 aromatic rings. The minimum Gasteiger partial charge on any atom is -0.383 e. The molecule has 0 spiro atoms. The minimum absolute atomic E-state index is 0.202. The molecule has 0 aliphatic carbocycles. The normalized spacial score (nSPS) is 11.4. The number of rotatable bonds is 7. The maximum Gasteiger partial charge on any atom is 0.252 e. The maximum atomic E-state index is 11.7. The Labute approximate surface area is 112 Å². The summed E-state index contributed by atoms with van der Waals surface area (Å²) in [5.41, 5.74) is 0.474. The molecular weight excluding hydrogens is 244 g/mol. The molecule has 0 fully saturated rings. The molecule has 1 atom stereocenters. The van der Waals surface area contributed by atoms with Gasteiger partial charge in [-0.05, 0) is 19.1 Å². The zero-order valence-corrected chi connectivity index (χ0v) is 11.1. The lowest BCUT2D eigenvalue weighted by Crippen LogP contribution is -2.27. The zero-order chi connectivity index (χ0) is 14.1. The van der Waals surface area contributed by atoms with Gasteiger partial charge in [-0.25, -0.2) is 4.98 Å². The van der Waals surface area contributed by atoms with Crippen molar-refractivity contribution in [1.82, 2.24) is 10.3 Å². The molecule has 0 saturated carbocycles. The molecule has 1 amide bonds. The highest BCUT2D eigenvalue weighted by Gasteiger charge is 2.07. The molecule has 0 bridgehead atoms. The van der Waals surface area contributed by atoms with Crippen molar-refractivity contribution in [3.05, 3.63) is 23.9 Å². The van der Waals surface area contributed by atoms with Gasteiger partial charge in [0.15, 0.2) is 0 Å². The molecule has 1 heterocycles. The molecule has 0 aromatic carbocycles. The first-order valence-electron chi connectivity index (χ1n) is 6.04. The summed E-state index contributed by atoms with van der Waals surface area (Å²) in [6, 6.07) is 5.48. The van der Waals surface area contributed by atoms with E-state index in [1.54, 1.807) is 26.2 Å². The van der Waals surface area contributed by atoms with Crippen LogP contribution in [0.1, 0.15) is 17.3 Å². The van der Waals surface area contributed by atoms with Crippen molar-refractivity contribution < 1.29 is 9.53 Å². The molecule has 2 N–H and O–H groups in total. The number of nitrogens with one attached hydrogen (secondary N) is 2. The first-order valence-corrected chi connectivity index (χ1v) is 6.04. The molecule has 0 aliphatic heterocycles. The van der Waals surface area contributed by atoms with Gasteiger partial charge < -0.3 is 15.4 Å². The Balaban J connectivity index is 2.47. The second kappa shape index (κ2) is 8.06. The summed E-state index contributed by atoms with van der Waals surface area (Å²) >= 11 is 0. The summed E-state index contributed by atoms with van der Waals surface area (Å²) in [7, 11) is 1.63. The van der Waals surface area contributed by atoms with Crippen LogP contribution in [0.4, 0.5) is 5.82 Å². The smallest absolute Gasteiger partial charge is 0.252 e. The monoisotopic (exact) mass is 262 g/mol. The molecule has 19 heavy (non-hydrogen) atoms. The Morgan fingerprint density at radius 2 is 2.37 bits per heavy atom. The molecule has 102 valence electrons. The van der Waals surface area contributed by atoms with Gasteiger partial charge in [-0.15, -0.1) is 0 Å². The summed E-state index contributed by atoms with van der Waals surface area (Å²) in [4.78, 5) is 15.9. The van der Waals surface area contributed by atoms with E-state index in [1.807, 2.05) is 0 Å². The van der Waals surface area contributed by atoms with Gasteiger partial charge >= 0.3 is 0 Å². The molecular formula is C13H18N4O2. The Morgan fingerprint density at radius 3 is 2.95 bits per heavy atom. The first kappa shape index (κ1) is 14.9. The molecule has 1 unspecified atom stereocenters. The predicted molar refractivity (Wildman–Crippen MR) is 71.7 cm³/mol. The lowest BCUT2D eigenvalue weighted by atomic mass is 10.2. The van der Waals surface area contributed by atoms with E-state index >= 15 is 0 Å². The molecule has 1 aromatic heterocycles. The van der Waals surface area contributed by atoms with Crippen LogP contribution in [0.2, 0.25) is 0 Å². The SMILES string of the molecule is COCCNc1ccc(C(=O)NCC(C)C#N)cn1. The number of nitrogens with zero attached hydrogens (tertiary/aromatic N) is 2. The highest BCUT2D eigenvalue weighted by molar-refractivity contribution is 5.94. The molecule has 0 radical (unpaired) electrons. The van der Waals surface area contributed by atoms with Crippen molar-refractivity contribution in [2.45, 2.75) is 6.92 Å². The summed E-state index contributed by atoms with van der Waals surface area (Å²) < 4.78 is 4.91. The molecule has 0 aliphatic rings. The maximum absolute atomic E-state index is 11.7. The van der Waals surface area contributed by atoms with E-state index in [4.69, 9.17) is 10.00 Å². The number of hydrogen-bond acceptors (Lipinski definition) is 5. The summed E-state index contributed by atoms with van der Waals surface area (Å²) in [6.45, 7) is 3.34. The second-order valence-corrected chi connectivity index (χ2v) is 4.09. The number of anilines is 1. The van der Waals surface area contributed by atoms with Crippen LogP contribution in [-0.2, 0) is 4.74 Å². The summed E-state index contributed by atoms with van der Waals surface area (Å²) in [6.07, 6.45) is 1.50. The average Bonchev–Trinajstić information content (AvgIpc) is 2.45. The number of carbonyl (C=O) groups is 1. The Kier molecular flexibility index (Phi) is 6.33.